The average molecular weight is 291 g/mol. The van der Waals surface area contributed by atoms with Crippen molar-refractivity contribution >= 4 is 17.3 Å². The molecule has 9 heteroatoms. The first-order valence-corrected chi connectivity index (χ1v) is 5.62. The third-order valence-corrected chi connectivity index (χ3v) is 2.27. The Kier molecular flexibility index (Phi) is 4.89. The van der Waals surface area contributed by atoms with Crippen LogP contribution in [0, 0.1) is 10.1 Å². The summed E-state index contributed by atoms with van der Waals surface area (Å²) >= 11 is 0. The predicted molar refractivity (Wildman–Crippen MR) is 65.6 cm³/mol. The summed E-state index contributed by atoms with van der Waals surface area (Å²) < 4.78 is 36.0. The number of anilines is 1. The number of nitrogens with one attached hydrogen (secondary N) is 2. The maximum Gasteiger partial charge on any atom is 0.405 e. The lowest BCUT2D eigenvalue weighted by Crippen LogP contribution is -2.33. The van der Waals surface area contributed by atoms with E-state index in [-0.39, 0.29) is 16.9 Å². The van der Waals surface area contributed by atoms with Crippen LogP contribution in [-0.2, 0) is 0 Å². The molecule has 6 nitrogen and oxygen atoms in total. The third kappa shape index (κ3) is 4.41. The van der Waals surface area contributed by atoms with Gasteiger partial charge in [-0.3, -0.25) is 14.9 Å². The van der Waals surface area contributed by atoms with Crippen molar-refractivity contribution in [3.8, 4) is 0 Å². The van der Waals surface area contributed by atoms with Crippen molar-refractivity contribution in [2.45, 2.75) is 13.1 Å². The van der Waals surface area contributed by atoms with Crippen LogP contribution in [0.3, 0.4) is 0 Å². The van der Waals surface area contributed by atoms with Gasteiger partial charge in [0.25, 0.3) is 11.6 Å². The average Bonchev–Trinajstić information content (AvgIpc) is 2.35. The predicted octanol–water partition coefficient (Wildman–Crippen LogP) is 2.32. The maximum absolute atomic E-state index is 12.0. The fourth-order valence-corrected chi connectivity index (χ4v) is 1.45. The van der Waals surface area contributed by atoms with Gasteiger partial charge in [0.1, 0.15) is 12.2 Å². The van der Waals surface area contributed by atoms with Crippen LogP contribution < -0.4 is 10.6 Å². The Bertz CT molecular complexity index is 517. The molecule has 0 saturated carbocycles. The highest BCUT2D eigenvalue weighted by atomic mass is 19.4. The highest BCUT2D eigenvalue weighted by molar-refractivity contribution is 5.95. The number of benzene rings is 1. The Balaban J connectivity index is 2.93. The quantitative estimate of drug-likeness (QED) is 0.644. The van der Waals surface area contributed by atoms with E-state index in [1.54, 1.807) is 12.2 Å². The fraction of sp³-hybridized carbons (Fsp3) is 0.364. The van der Waals surface area contributed by atoms with E-state index >= 15 is 0 Å². The second kappa shape index (κ2) is 6.22. The third-order valence-electron chi connectivity index (χ3n) is 2.27. The van der Waals surface area contributed by atoms with Crippen LogP contribution >= 0.6 is 0 Å². The molecule has 110 valence electrons. The van der Waals surface area contributed by atoms with Gasteiger partial charge in [0.05, 0.1) is 4.92 Å². The highest BCUT2D eigenvalue weighted by Gasteiger charge is 2.28. The standard InChI is InChI=1S/C11H12F3N3O3/c1-2-15-8-5-7(3-4-9(8)17(19)20)10(18)16-6-11(12,13)14/h3-5,15H,2,6H2,1H3,(H,16,18). The topological polar surface area (TPSA) is 84.3 Å². The number of nitro benzene ring substituents is 1. The van der Waals surface area contributed by atoms with E-state index < -0.39 is 23.6 Å². The van der Waals surface area contributed by atoms with E-state index in [1.807, 2.05) is 0 Å². The number of nitrogens with zero attached hydrogens (tertiary/aromatic N) is 1. The number of hydrogen-bond acceptors (Lipinski definition) is 4. The first-order valence-electron chi connectivity index (χ1n) is 5.62. The molecule has 2 N–H and O–H groups in total. The normalized spacial score (nSPS) is 11.0. The minimum atomic E-state index is -4.51. The molecular formula is C11H12F3N3O3. The molecule has 0 aliphatic carbocycles. The SMILES string of the molecule is CCNc1cc(C(=O)NCC(F)(F)F)ccc1[N+](=O)[O-]. The van der Waals surface area contributed by atoms with Crippen molar-refractivity contribution in [2.75, 3.05) is 18.4 Å². The molecular weight excluding hydrogens is 279 g/mol. The molecule has 0 bridgehead atoms. The second-order valence-corrected chi connectivity index (χ2v) is 3.82. The molecule has 0 fully saturated rings. The Hall–Kier alpha value is -2.32. The van der Waals surface area contributed by atoms with Crippen molar-refractivity contribution < 1.29 is 22.9 Å². The Morgan fingerprint density at radius 1 is 1.40 bits per heavy atom. The summed E-state index contributed by atoms with van der Waals surface area (Å²) in [7, 11) is 0. The number of rotatable bonds is 5. The molecule has 0 atom stereocenters. The van der Waals surface area contributed by atoms with Crippen LogP contribution in [0.2, 0.25) is 0 Å². The number of carbonyl (C=O) groups excluding carboxylic acids is 1. The van der Waals surface area contributed by atoms with Crippen molar-refractivity contribution in [2.24, 2.45) is 0 Å². The van der Waals surface area contributed by atoms with E-state index in [0.717, 1.165) is 18.2 Å². The van der Waals surface area contributed by atoms with E-state index in [9.17, 15) is 28.1 Å². The summed E-state index contributed by atoms with van der Waals surface area (Å²) in [5, 5.41) is 15.1. The molecule has 0 saturated heterocycles. The Morgan fingerprint density at radius 2 is 2.05 bits per heavy atom. The van der Waals surface area contributed by atoms with Crippen LogP contribution in [-0.4, -0.2) is 30.1 Å². The van der Waals surface area contributed by atoms with Crippen LogP contribution in [0.15, 0.2) is 18.2 Å². The molecule has 20 heavy (non-hydrogen) atoms. The molecule has 0 radical (unpaired) electrons. The highest BCUT2D eigenvalue weighted by Crippen LogP contribution is 2.25. The molecule has 1 aromatic rings. The van der Waals surface area contributed by atoms with E-state index in [0.29, 0.717) is 6.54 Å². The molecule has 0 aliphatic rings. The molecule has 0 heterocycles. The molecule has 0 aliphatic heterocycles. The fourth-order valence-electron chi connectivity index (χ4n) is 1.45. The van der Waals surface area contributed by atoms with Gasteiger partial charge in [0.2, 0.25) is 0 Å². The number of carbonyl (C=O) groups is 1. The first-order chi connectivity index (χ1) is 9.24. The number of alkyl halides is 3. The summed E-state index contributed by atoms with van der Waals surface area (Å²) in [5.41, 5.74) is -0.257. The van der Waals surface area contributed by atoms with Crippen molar-refractivity contribution in [1.29, 1.82) is 0 Å². The lowest BCUT2D eigenvalue weighted by molar-refractivity contribution is -0.384. The number of halogens is 3. The summed E-state index contributed by atoms with van der Waals surface area (Å²) in [6.07, 6.45) is -4.51. The van der Waals surface area contributed by atoms with Gasteiger partial charge in [-0.2, -0.15) is 13.2 Å². The van der Waals surface area contributed by atoms with Gasteiger partial charge in [-0.15, -0.1) is 0 Å². The number of hydrogen-bond donors (Lipinski definition) is 2. The maximum atomic E-state index is 12.0. The van der Waals surface area contributed by atoms with Crippen LogP contribution in [0.1, 0.15) is 17.3 Å². The van der Waals surface area contributed by atoms with Crippen LogP contribution in [0.4, 0.5) is 24.5 Å². The molecule has 0 spiro atoms. The summed E-state index contributed by atoms with van der Waals surface area (Å²) in [4.78, 5) is 21.6. The number of nitro groups is 1. The summed E-state index contributed by atoms with van der Waals surface area (Å²) in [6, 6.07) is 3.32. The van der Waals surface area contributed by atoms with Gasteiger partial charge in [0.15, 0.2) is 0 Å². The first kappa shape index (κ1) is 15.7. The molecule has 1 amide bonds. The lowest BCUT2D eigenvalue weighted by atomic mass is 10.1. The second-order valence-electron chi connectivity index (χ2n) is 3.82. The number of amides is 1. The zero-order valence-corrected chi connectivity index (χ0v) is 10.5. The summed E-state index contributed by atoms with van der Waals surface area (Å²) in [6.45, 7) is 0.605. The van der Waals surface area contributed by atoms with E-state index in [4.69, 9.17) is 0 Å². The van der Waals surface area contributed by atoms with Gasteiger partial charge in [-0.1, -0.05) is 0 Å². The minimum absolute atomic E-state index is 0.0807. The van der Waals surface area contributed by atoms with E-state index in [1.165, 1.54) is 0 Å². The lowest BCUT2D eigenvalue weighted by Gasteiger charge is -2.10. The largest absolute Gasteiger partial charge is 0.405 e. The molecule has 1 rings (SSSR count). The van der Waals surface area contributed by atoms with Gasteiger partial charge in [-0.25, -0.2) is 0 Å². The Labute approximate surface area is 112 Å². The monoisotopic (exact) mass is 291 g/mol. The van der Waals surface area contributed by atoms with Crippen molar-refractivity contribution in [3.05, 3.63) is 33.9 Å². The van der Waals surface area contributed by atoms with Crippen molar-refractivity contribution in [1.82, 2.24) is 5.32 Å². The Morgan fingerprint density at radius 3 is 2.55 bits per heavy atom. The van der Waals surface area contributed by atoms with Crippen LogP contribution in [0.25, 0.3) is 0 Å². The molecule has 0 unspecified atom stereocenters. The smallest absolute Gasteiger partial charge is 0.380 e. The van der Waals surface area contributed by atoms with Gasteiger partial charge < -0.3 is 10.6 Å². The zero-order valence-electron chi connectivity index (χ0n) is 10.5. The van der Waals surface area contributed by atoms with Gasteiger partial charge in [-0.05, 0) is 19.1 Å². The van der Waals surface area contributed by atoms with Gasteiger partial charge >= 0.3 is 6.18 Å². The van der Waals surface area contributed by atoms with Gasteiger partial charge in [0, 0.05) is 18.2 Å². The zero-order chi connectivity index (χ0) is 15.3. The molecule has 1 aromatic carbocycles. The molecule has 0 aromatic heterocycles. The van der Waals surface area contributed by atoms with Crippen molar-refractivity contribution in [3.63, 3.8) is 0 Å². The van der Waals surface area contributed by atoms with E-state index in [2.05, 4.69) is 5.32 Å². The minimum Gasteiger partial charge on any atom is -0.380 e. The summed E-state index contributed by atoms with van der Waals surface area (Å²) in [5.74, 6) is -0.948. The van der Waals surface area contributed by atoms with Crippen LogP contribution in [0.5, 0.6) is 0 Å².